The first-order valence-electron chi connectivity index (χ1n) is 17.3. The number of hydrogen-bond donors (Lipinski definition) is 6. The van der Waals surface area contributed by atoms with Gasteiger partial charge in [0.05, 0.1) is 0 Å². The molecule has 0 saturated heterocycles. The fourth-order valence-electron chi connectivity index (χ4n) is 6.23. The van der Waals surface area contributed by atoms with E-state index in [1.165, 1.54) is 23.8 Å². The Morgan fingerprint density at radius 2 is 1.60 bits per heavy atom. The molecule has 4 aromatic carbocycles. The Bertz CT molecular complexity index is 1800. The lowest BCUT2D eigenvalue weighted by atomic mass is 9.93. The van der Waals surface area contributed by atoms with Crippen LogP contribution in [0.25, 0.3) is 32.7 Å². The number of unbranched alkanes of at least 4 members (excludes halogenated alkanes) is 2. The first kappa shape index (κ1) is 37.8. The fraction of sp³-hybridized carbons (Fsp3) is 0.350. The summed E-state index contributed by atoms with van der Waals surface area (Å²) in [7, 11) is 0. The van der Waals surface area contributed by atoms with Gasteiger partial charge in [0.15, 0.2) is 5.66 Å². The van der Waals surface area contributed by atoms with Crippen LogP contribution in [-0.2, 0) is 25.6 Å². The fourth-order valence-corrected chi connectivity index (χ4v) is 6.23. The molecule has 10 heteroatoms. The van der Waals surface area contributed by atoms with Crippen molar-refractivity contribution in [3.63, 3.8) is 0 Å². The van der Waals surface area contributed by atoms with Crippen LogP contribution >= 0.6 is 0 Å². The molecule has 0 saturated carbocycles. The molecule has 0 bridgehead atoms. The van der Waals surface area contributed by atoms with E-state index >= 15 is 0 Å². The maximum absolute atomic E-state index is 14.1. The maximum atomic E-state index is 14.1. The molecule has 4 aromatic rings. The number of aliphatic carboxylic acids is 1. The third-order valence-corrected chi connectivity index (χ3v) is 8.88. The standard InChI is InChI=1S/C40H49N5O5/c1-4-6-25-42-40(23-9-10-24-41,39(50)44-35(12-5-2)38(48)49)45-37(47)36(43-27(3)46)26-28-17-19-30(20-18-28)32-15-11-16-33-31-14-8-7-13-29(31)21-22-34(32)33/h5,7-8,11,13-22,35-36,42H,2,4,6,9-10,12,23-26,41H2,1,3H3,(H,43,46)(H,44,50)(H,45,47)(H,48,49)/t35-,36-,40-/m0/s1. The van der Waals surface area contributed by atoms with E-state index in [2.05, 4.69) is 70.3 Å². The van der Waals surface area contributed by atoms with Gasteiger partial charge >= 0.3 is 5.97 Å². The van der Waals surface area contributed by atoms with Crippen LogP contribution in [0.4, 0.5) is 0 Å². The highest BCUT2D eigenvalue weighted by molar-refractivity contribution is 6.12. The number of rotatable bonds is 19. The van der Waals surface area contributed by atoms with E-state index in [1.54, 1.807) is 0 Å². The summed E-state index contributed by atoms with van der Waals surface area (Å²) >= 11 is 0. The Morgan fingerprint density at radius 3 is 2.28 bits per heavy atom. The topological polar surface area (TPSA) is 163 Å². The van der Waals surface area contributed by atoms with Crippen LogP contribution in [0.1, 0.15) is 57.9 Å². The molecule has 0 aromatic heterocycles. The van der Waals surface area contributed by atoms with Crippen LogP contribution in [0.3, 0.4) is 0 Å². The van der Waals surface area contributed by atoms with Crippen LogP contribution in [0.15, 0.2) is 91.5 Å². The van der Waals surface area contributed by atoms with Crippen molar-refractivity contribution in [3.8, 4) is 11.1 Å². The molecule has 0 unspecified atom stereocenters. The number of nitrogens with one attached hydrogen (secondary N) is 4. The average molecular weight is 680 g/mol. The van der Waals surface area contributed by atoms with Gasteiger partial charge in [-0.2, -0.15) is 0 Å². The molecular formula is C40H49N5O5. The molecule has 0 heterocycles. The van der Waals surface area contributed by atoms with Crippen molar-refractivity contribution >= 4 is 45.2 Å². The Morgan fingerprint density at radius 1 is 0.860 bits per heavy atom. The largest absolute Gasteiger partial charge is 0.480 e. The Hall–Kier alpha value is -5.06. The Balaban J connectivity index is 1.62. The number of carboxylic acid groups (broad SMARTS) is 1. The first-order valence-corrected chi connectivity index (χ1v) is 17.3. The Kier molecular flexibility index (Phi) is 13.7. The van der Waals surface area contributed by atoms with Crippen molar-refractivity contribution in [2.45, 2.75) is 76.5 Å². The lowest BCUT2D eigenvalue weighted by Gasteiger charge is -2.37. The van der Waals surface area contributed by atoms with E-state index in [0.29, 0.717) is 32.4 Å². The minimum Gasteiger partial charge on any atom is -0.480 e. The maximum Gasteiger partial charge on any atom is 0.326 e. The van der Waals surface area contributed by atoms with Crippen molar-refractivity contribution in [2.75, 3.05) is 13.1 Å². The summed E-state index contributed by atoms with van der Waals surface area (Å²) in [4.78, 5) is 52.2. The summed E-state index contributed by atoms with van der Waals surface area (Å²) in [6, 6.07) is 24.5. The van der Waals surface area contributed by atoms with Crippen molar-refractivity contribution in [1.29, 1.82) is 0 Å². The quantitative estimate of drug-likeness (QED) is 0.0344. The molecule has 0 radical (unpaired) electrons. The van der Waals surface area contributed by atoms with Gasteiger partial charge in [-0.1, -0.05) is 98.3 Å². The van der Waals surface area contributed by atoms with Gasteiger partial charge in [0.2, 0.25) is 11.8 Å². The van der Waals surface area contributed by atoms with Crippen LogP contribution < -0.4 is 27.0 Å². The minimum absolute atomic E-state index is 0.00272. The van der Waals surface area contributed by atoms with Gasteiger partial charge in [0.25, 0.3) is 5.91 Å². The second-order valence-corrected chi connectivity index (χ2v) is 12.7. The number of carbonyl (C=O) groups excluding carboxylic acids is 3. The highest BCUT2D eigenvalue weighted by Crippen LogP contribution is 2.33. The lowest BCUT2D eigenvalue weighted by molar-refractivity contribution is -0.144. The molecule has 0 aliphatic rings. The molecule has 0 aliphatic heterocycles. The van der Waals surface area contributed by atoms with E-state index in [-0.39, 0.29) is 19.3 Å². The van der Waals surface area contributed by atoms with Crippen LogP contribution in [0.2, 0.25) is 0 Å². The zero-order valence-electron chi connectivity index (χ0n) is 29.0. The van der Waals surface area contributed by atoms with Crippen molar-refractivity contribution < 1.29 is 24.3 Å². The average Bonchev–Trinajstić information content (AvgIpc) is 3.11. The van der Waals surface area contributed by atoms with Crippen molar-refractivity contribution in [3.05, 3.63) is 97.1 Å². The van der Waals surface area contributed by atoms with Crippen molar-refractivity contribution in [1.82, 2.24) is 21.3 Å². The summed E-state index contributed by atoms with van der Waals surface area (Å²) < 4.78 is 0. The number of hydrogen-bond acceptors (Lipinski definition) is 6. The van der Waals surface area contributed by atoms with Gasteiger partial charge in [-0.3, -0.25) is 19.7 Å². The monoisotopic (exact) mass is 679 g/mol. The molecule has 4 rings (SSSR count). The van der Waals surface area contributed by atoms with Gasteiger partial charge in [0.1, 0.15) is 12.1 Å². The molecule has 0 spiro atoms. The van der Waals surface area contributed by atoms with E-state index in [4.69, 9.17) is 5.73 Å². The number of carboxylic acids is 1. The van der Waals surface area contributed by atoms with Gasteiger partial charge in [-0.15, -0.1) is 6.58 Å². The van der Waals surface area contributed by atoms with E-state index in [0.717, 1.165) is 33.9 Å². The summed E-state index contributed by atoms with van der Waals surface area (Å²) in [5, 5.41) is 25.8. The summed E-state index contributed by atoms with van der Waals surface area (Å²) in [6.07, 6.45) is 4.36. The van der Waals surface area contributed by atoms with E-state index < -0.39 is 41.4 Å². The molecule has 264 valence electrons. The SMILES string of the molecule is C=CC[C@H](NC(=O)[C@@](CCCCN)(NCCCC)NC(=O)[C@H](Cc1ccc(-c2cccc3c2ccc2ccccc23)cc1)NC(C)=O)C(=O)O. The molecule has 50 heavy (non-hydrogen) atoms. The van der Waals surface area contributed by atoms with Crippen LogP contribution in [0, 0.1) is 0 Å². The first-order chi connectivity index (χ1) is 24.1. The van der Waals surface area contributed by atoms with Crippen LogP contribution in [0.5, 0.6) is 0 Å². The third-order valence-electron chi connectivity index (χ3n) is 8.88. The molecule has 0 fully saturated rings. The minimum atomic E-state index is -1.64. The second-order valence-electron chi connectivity index (χ2n) is 12.7. The molecule has 3 atom stereocenters. The molecule has 10 nitrogen and oxygen atoms in total. The number of amides is 3. The van der Waals surface area contributed by atoms with Crippen molar-refractivity contribution in [2.24, 2.45) is 5.73 Å². The highest BCUT2D eigenvalue weighted by atomic mass is 16.4. The van der Waals surface area contributed by atoms with Gasteiger partial charge < -0.3 is 26.8 Å². The zero-order valence-corrected chi connectivity index (χ0v) is 29.0. The van der Waals surface area contributed by atoms with Gasteiger partial charge in [0, 0.05) is 13.3 Å². The number of nitrogens with two attached hydrogens (primary N) is 1. The second kappa shape index (κ2) is 18.1. The Labute approximate surface area is 293 Å². The van der Waals surface area contributed by atoms with Crippen LogP contribution in [-0.4, -0.2) is 59.6 Å². The number of benzene rings is 4. The number of fused-ring (bicyclic) bond motifs is 3. The normalized spacial score (nSPS) is 13.6. The van der Waals surface area contributed by atoms with Gasteiger partial charge in [-0.05, 0) is 83.4 Å². The zero-order chi connectivity index (χ0) is 36.1. The summed E-state index contributed by atoms with van der Waals surface area (Å²) in [5.74, 6) is -2.88. The highest BCUT2D eigenvalue weighted by Gasteiger charge is 2.42. The lowest BCUT2D eigenvalue weighted by Crippen LogP contribution is -2.70. The van der Waals surface area contributed by atoms with E-state index in [9.17, 15) is 24.3 Å². The number of carbonyl (C=O) groups is 4. The van der Waals surface area contributed by atoms with E-state index in [1.807, 2.05) is 43.3 Å². The smallest absolute Gasteiger partial charge is 0.326 e. The van der Waals surface area contributed by atoms with Gasteiger partial charge in [-0.25, -0.2) is 4.79 Å². The summed E-state index contributed by atoms with van der Waals surface area (Å²) in [5.41, 5.74) is 7.02. The molecule has 7 N–H and O–H groups in total. The molecule has 0 aliphatic carbocycles. The molecular weight excluding hydrogens is 630 g/mol. The predicted molar refractivity (Wildman–Crippen MR) is 199 cm³/mol. The summed E-state index contributed by atoms with van der Waals surface area (Å²) in [6.45, 7) is 7.72. The predicted octanol–water partition coefficient (Wildman–Crippen LogP) is 5.18. The molecule has 3 amide bonds. The third kappa shape index (κ3) is 9.55.